The van der Waals surface area contributed by atoms with Gasteiger partial charge in [0.05, 0.1) is 4.92 Å². The van der Waals surface area contributed by atoms with Crippen molar-refractivity contribution in [2.75, 3.05) is 10.6 Å². The van der Waals surface area contributed by atoms with Gasteiger partial charge in [0.15, 0.2) is 20.5 Å². The maximum atomic E-state index is 11.2. The van der Waals surface area contributed by atoms with E-state index in [-0.39, 0.29) is 16.5 Å². The molecular formula is C18H12N6O2S3. The van der Waals surface area contributed by atoms with Crippen molar-refractivity contribution in [1.29, 1.82) is 0 Å². The Morgan fingerprint density at radius 1 is 1.07 bits per heavy atom. The van der Waals surface area contributed by atoms with Crippen LogP contribution in [0.25, 0.3) is 16.0 Å². The first kappa shape index (κ1) is 19.1. The number of nitro benzene ring substituents is 1. The number of hydrogen-bond donors (Lipinski definition) is 2. The van der Waals surface area contributed by atoms with Gasteiger partial charge >= 0.3 is 0 Å². The zero-order valence-electron chi connectivity index (χ0n) is 14.6. The lowest BCUT2D eigenvalue weighted by Gasteiger charge is -2.10. The minimum absolute atomic E-state index is 0.0737. The summed E-state index contributed by atoms with van der Waals surface area (Å²) in [6, 6.07) is 15.9. The van der Waals surface area contributed by atoms with Crippen molar-refractivity contribution in [3.8, 4) is 5.69 Å². The fourth-order valence-electron chi connectivity index (χ4n) is 2.73. The van der Waals surface area contributed by atoms with E-state index in [9.17, 15) is 10.1 Å². The zero-order chi connectivity index (χ0) is 20.4. The van der Waals surface area contributed by atoms with Crippen LogP contribution in [0.4, 0.5) is 17.2 Å². The number of rotatable bonds is 4. The second kappa shape index (κ2) is 7.99. The number of para-hydroxylation sites is 3. The molecule has 29 heavy (non-hydrogen) atoms. The van der Waals surface area contributed by atoms with Crippen LogP contribution in [0.15, 0.2) is 60.9 Å². The highest BCUT2D eigenvalue weighted by atomic mass is 32.1. The van der Waals surface area contributed by atoms with Crippen LogP contribution >= 0.6 is 35.8 Å². The number of nitro groups is 1. The van der Waals surface area contributed by atoms with E-state index < -0.39 is 4.92 Å². The van der Waals surface area contributed by atoms with Crippen LogP contribution in [-0.2, 0) is 0 Å². The molecule has 8 nitrogen and oxygen atoms in total. The smallest absolute Gasteiger partial charge is 0.292 e. The largest absolute Gasteiger partial charge is 0.327 e. The molecule has 2 aromatic heterocycles. The Morgan fingerprint density at radius 3 is 2.55 bits per heavy atom. The molecule has 0 amide bonds. The van der Waals surface area contributed by atoms with E-state index in [1.807, 2.05) is 34.9 Å². The summed E-state index contributed by atoms with van der Waals surface area (Å²) < 4.78 is 3.21. The summed E-state index contributed by atoms with van der Waals surface area (Å²) in [6.07, 6.45) is 1.42. The third kappa shape index (κ3) is 3.83. The Morgan fingerprint density at radius 2 is 1.79 bits per heavy atom. The van der Waals surface area contributed by atoms with E-state index in [2.05, 4.69) is 20.6 Å². The zero-order valence-corrected chi connectivity index (χ0v) is 17.1. The molecule has 2 aromatic carbocycles. The number of fused-ring (bicyclic) bond motifs is 1. The number of anilines is 2. The van der Waals surface area contributed by atoms with E-state index in [0.29, 0.717) is 15.4 Å². The molecule has 0 atom stereocenters. The quantitative estimate of drug-likeness (QED) is 0.262. The molecule has 2 N–H and O–H groups in total. The highest BCUT2D eigenvalue weighted by Gasteiger charge is 2.16. The molecule has 0 unspecified atom stereocenters. The molecule has 11 heteroatoms. The number of nitrogens with one attached hydrogen (secondary N) is 2. The van der Waals surface area contributed by atoms with Crippen LogP contribution in [0.1, 0.15) is 0 Å². The normalized spacial score (nSPS) is 10.6. The molecule has 0 radical (unpaired) electrons. The van der Waals surface area contributed by atoms with Crippen molar-refractivity contribution in [1.82, 2.24) is 14.5 Å². The van der Waals surface area contributed by atoms with Gasteiger partial charge in [-0.05, 0) is 42.6 Å². The lowest BCUT2D eigenvalue weighted by Crippen LogP contribution is -2.20. The molecule has 0 bridgehead atoms. The van der Waals surface area contributed by atoms with E-state index >= 15 is 0 Å². The molecule has 0 fully saturated rings. The summed E-state index contributed by atoms with van der Waals surface area (Å²) in [5.74, 6) is 0.469. The number of hydrogen-bond acceptors (Lipinski definition) is 7. The van der Waals surface area contributed by atoms with E-state index in [1.54, 1.807) is 18.2 Å². The van der Waals surface area contributed by atoms with E-state index in [4.69, 9.17) is 24.4 Å². The van der Waals surface area contributed by atoms with Crippen LogP contribution < -0.4 is 10.6 Å². The van der Waals surface area contributed by atoms with Crippen LogP contribution in [0.5, 0.6) is 0 Å². The number of thiazole rings is 1. The van der Waals surface area contributed by atoms with Crippen molar-refractivity contribution in [3.05, 3.63) is 75.0 Å². The average Bonchev–Trinajstić information content (AvgIpc) is 3.06. The molecule has 4 rings (SSSR count). The Bertz CT molecular complexity index is 1290. The van der Waals surface area contributed by atoms with Gasteiger partial charge in [-0.25, -0.2) is 9.97 Å². The first-order chi connectivity index (χ1) is 14.0. The summed E-state index contributed by atoms with van der Waals surface area (Å²) in [4.78, 5) is 19.3. The van der Waals surface area contributed by atoms with Crippen molar-refractivity contribution in [2.45, 2.75) is 0 Å². The molecule has 0 spiro atoms. The van der Waals surface area contributed by atoms with Gasteiger partial charge in [-0.1, -0.05) is 41.7 Å². The second-order valence-corrected chi connectivity index (χ2v) is 7.82. The minimum atomic E-state index is -0.473. The maximum absolute atomic E-state index is 11.2. The van der Waals surface area contributed by atoms with Gasteiger partial charge in [0.1, 0.15) is 16.7 Å². The monoisotopic (exact) mass is 440 g/mol. The van der Waals surface area contributed by atoms with Crippen molar-refractivity contribution in [2.24, 2.45) is 0 Å². The number of benzene rings is 2. The van der Waals surface area contributed by atoms with Gasteiger partial charge in [-0.3, -0.25) is 14.7 Å². The van der Waals surface area contributed by atoms with Gasteiger partial charge in [0.25, 0.3) is 5.69 Å². The first-order valence-electron chi connectivity index (χ1n) is 8.28. The summed E-state index contributed by atoms with van der Waals surface area (Å²) in [6.45, 7) is 0. The Balaban J connectivity index is 1.67. The Kier molecular flexibility index (Phi) is 5.25. The van der Waals surface area contributed by atoms with E-state index in [1.165, 1.54) is 23.7 Å². The molecule has 0 saturated heterocycles. The Labute approximate surface area is 179 Å². The highest BCUT2D eigenvalue weighted by Crippen LogP contribution is 2.30. The SMILES string of the molecule is O=[N+]([O-])c1ccccc1NC(=S)Nc1ncnc2c1sc(=S)n2-c1ccccc1. The molecule has 0 saturated carbocycles. The lowest BCUT2D eigenvalue weighted by molar-refractivity contribution is -0.383. The maximum Gasteiger partial charge on any atom is 0.292 e. The molecule has 0 aliphatic rings. The third-order valence-corrected chi connectivity index (χ3v) is 5.54. The summed E-state index contributed by atoms with van der Waals surface area (Å²) >= 11 is 12.2. The van der Waals surface area contributed by atoms with Crippen LogP contribution in [0.2, 0.25) is 0 Å². The van der Waals surface area contributed by atoms with Crippen LogP contribution in [-0.4, -0.2) is 24.6 Å². The first-order valence-corrected chi connectivity index (χ1v) is 9.91. The van der Waals surface area contributed by atoms with Crippen LogP contribution in [0.3, 0.4) is 0 Å². The van der Waals surface area contributed by atoms with Crippen molar-refractivity contribution in [3.63, 3.8) is 0 Å². The Hall–Kier alpha value is -3.28. The molecular weight excluding hydrogens is 428 g/mol. The standard InChI is InChI=1S/C18H12N6O2S3/c25-24(26)13-9-5-4-8-12(13)21-17(27)22-15-14-16(20-10-19-15)23(18(28)29-14)11-6-2-1-3-7-11/h1-10H,(H2,19,20,21,22,27). The summed E-state index contributed by atoms with van der Waals surface area (Å²) in [7, 11) is 0. The fourth-order valence-corrected chi connectivity index (χ4v) is 4.27. The summed E-state index contributed by atoms with van der Waals surface area (Å²) in [5, 5.41) is 17.2. The number of aromatic nitrogens is 3. The molecule has 0 aliphatic heterocycles. The molecule has 2 heterocycles. The van der Waals surface area contributed by atoms with Gasteiger partial charge in [-0.2, -0.15) is 0 Å². The topological polar surface area (TPSA) is 97.9 Å². The third-order valence-electron chi connectivity index (χ3n) is 3.96. The molecule has 4 aromatic rings. The number of thiocarbonyl (C=S) groups is 1. The minimum Gasteiger partial charge on any atom is -0.327 e. The number of nitrogens with zero attached hydrogens (tertiary/aromatic N) is 4. The van der Waals surface area contributed by atoms with Gasteiger partial charge in [0, 0.05) is 11.8 Å². The van der Waals surface area contributed by atoms with Crippen molar-refractivity contribution < 1.29 is 4.92 Å². The predicted octanol–water partition coefficient (Wildman–Crippen LogP) is 4.93. The highest BCUT2D eigenvalue weighted by molar-refractivity contribution is 7.80. The molecule has 144 valence electrons. The summed E-state index contributed by atoms with van der Waals surface area (Å²) in [5.41, 5.74) is 1.76. The van der Waals surface area contributed by atoms with E-state index in [0.717, 1.165) is 10.4 Å². The molecule has 0 aliphatic carbocycles. The second-order valence-electron chi connectivity index (χ2n) is 5.77. The lowest BCUT2D eigenvalue weighted by atomic mass is 10.3. The average molecular weight is 441 g/mol. The van der Waals surface area contributed by atoms with Gasteiger partial charge in [-0.15, -0.1) is 0 Å². The van der Waals surface area contributed by atoms with Crippen molar-refractivity contribution >= 4 is 68.4 Å². The fraction of sp³-hybridized carbons (Fsp3) is 0. The van der Waals surface area contributed by atoms with Crippen LogP contribution in [0, 0.1) is 14.1 Å². The van der Waals surface area contributed by atoms with Gasteiger partial charge < -0.3 is 10.6 Å². The van der Waals surface area contributed by atoms with Gasteiger partial charge in [0.2, 0.25) is 0 Å². The predicted molar refractivity (Wildman–Crippen MR) is 121 cm³/mol.